The van der Waals surface area contributed by atoms with Crippen molar-refractivity contribution >= 4 is 86.7 Å². The van der Waals surface area contributed by atoms with Gasteiger partial charge in [0.2, 0.25) is 53.2 Å². The fourth-order valence-corrected chi connectivity index (χ4v) is 15.3. The first-order valence-corrected chi connectivity index (χ1v) is 30.4. The van der Waals surface area contributed by atoms with E-state index in [0.717, 1.165) is 56.9 Å². The Labute approximate surface area is 480 Å². The highest BCUT2D eigenvalue weighted by Gasteiger charge is 2.50. The second kappa shape index (κ2) is 30.8. The van der Waals surface area contributed by atoms with Gasteiger partial charge < -0.3 is 64.4 Å². The second-order valence-corrected chi connectivity index (χ2v) is 24.6. The number of benzene rings is 2. The number of aliphatic imine (C=N–C) groups is 1. The maximum absolute atomic E-state index is 15.2. The van der Waals surface area contributed by atoms with Crippen molar-refractivity contribution in [2.75, 3.05) is 25.4 Å². The molecule has 2 saturated heterocycles. The Bertz CT molecular complexity index is 2550. The molecule has 0 aromatic heterocycles. The summed E-state index contributed by atoms with van der Waals surface area (Å²) in [6.45, 7) is 2.76. The van der Waals surface area contributed by atoms with Crippen LogP contribution < -0.4 is 54.4 Å². The average Bonchev–Trinajstić information content (AvgIpc) is 4.41. The quantitative estimate of drug-likeness (QED) is 0.0406. The van der Waals surface area contributed by atoms with Gasteiger partial charge in [-0.05, 0) is 80.2 Å². The van der Waals surface area contributed by atoms with Crippen molar-refractivity contribution in [3.8, 4) is 0 Å². The molecule has 7 atom stereocenters. The third-order valence-electron chi connectivity index (χ3n) is 15.6. The van der Waals surface area contributed by atoms with Gasteiger partial charge in [-0.25, -0.2) is 0 Å². The first kappa shape index (κ1) is 63.3. The van der Waals surface area contributed by atoms with Gasteiger partial charge in [0.25, 0.3) is 0 Å². The van der Waals surface area contributed by atoms with E-state index in [1.807, 2.05) is 36.4 Å². The monoisotopic (exact) mass is 1160 g/mol. The van der Waals surface area contributed by atoms with Crippen molar-refractivity contribution in [3.05, 3.63) is 71.8 Å². The molecule has 0 spiro atoms. The van der Waals surface area contributed by atoms with Gasteiger partial charge in [0.1, 0.15) is 48.8 Å². The Morgan fingerprint density at radius 2 is 1.28 bits per heavy atom. The van der Waals surface area contributed by atoms with E-state index in [1.165, 1.54) is 26.5 Å². The number of rotatable bonds is 19. The van der Waals surface area contributed by atoms with E-state index < -0.39 is 119 Å². The van der Waals surface area contributed by atoms with Gasteiger partial charge in [0.05, 0.1) is 6.42 Å². The number of hydrogen-bond acceptors (Lipinski definition) is 13. The maximum Gasteiger partial charge on any atom is 0.322 e. The lowest BCUT2D eigenvalue weighted by Gasteiger charge is -2.43. The third-order valence-corrected chi connectivity index (χ3v) is 19.0. The number of guanidine groups is 1. The Hall–Kier alpha value is -6.89. The van der Waals surface area contributed by atoms with Gasteiger partial charge in [-0.3, -0.25) is 52.9 Å². The summed E-state index contributed by atoms with van der Waals surface area (Å²) in [6, 6.07) is 8.98. The number of likely N-dealkylation sites (tertiary alicyclic amines) is 1. The second-order valence-electron chi connectivity index (χ2n) is 21.9. The molecule has 2 aliphatic heterocycles. The number of hydrogen-bond donors (Lipinski definition) is 11. The Morgan fingerprint density at radius 3 is 1.84 bits per heavy atom. The number of nitrogens with zero attached hydrogens (tertiary/aromatic N) is 2. The molecule has 6 rings (SSSR count). The predicted octanol–water partition coefficient (Wildman–Crippen LogP) is 1.06. The van der Waals surface area contributed by atoms with Crippen LogP contribution in [-0.2, 0) is 60.8 Å². The normalized spacial score (nSPS) is 24.1. The number of carboxylic acid groups (broad SMARTS) is 1. The lowest BCUT2D eigenvalue weighted by molar-refractivity contribution is -0.142. The molecule has 81 heavy (non-hydrogen) atoms. The van der Waals surface area contributed by atoms with Gasteiger partial charge in [-0.1, -0.05) is 122 Å². The van der Waals surface area contributed by atoms with Gasteiger partial charge in [-0.2, -0.15) is 0 Å². The van der Waals surface area contributed by atoms with E-state index in [-0.39, 0.29) is 81.1 Å². The van der Waals surface area contributed by atoms with E-state index >= 15 is 9.59 Å². The van der Waals surface area contributed by atoms with E-state index in [1.54, 1.807) is 38.1 Å². The zero-order chi connectivity index (χ0) is 58.6. The Morgan fingerprint density at radius 1 is 0.728 bits per heavy atom. The summed E-state index contributed by atoms with van der Waals surface area (Å²) < 4.78 is -0.717. The molecular weight excluding hydrogens is 1080 g/mol. The zero-order valence-electron chi connectivity index (χ0n) is 46.2. The first-order valence-electron chi connectivity index (χ1n) is 28.1. The fourth-order valence-electron chi connectivity index (χ4n) is 11.5. The molecule has 0 unspecified atom stereocenters. The Balaban J connectivity index is 1.40. The van der Waals surface area contributed by atoms with Crippen LogP contribution in [0, 0.1) is 17.8 Å². The minimum absolute atomic E-state index is 0.00223. The number of nitrogens with two attached hydrogens (primary N) is 3. The highest BCUT2D eigenvalue weighted by atomic mass is 33.1. The molecule has 4 aliphatic rings. The van der Waals surface area contributed by atoms with Crippen molar-refractivity contribution in [3.63, 3.8) is 0 Å². The molecule has 9 amide bonds. The van der Waals surface area contributed by atoms with Crippen LogP contribution in [0.4, 0.5) is 0 Å². The maximum atomic E-state index is 15.2. The van der Waals surface area contributed by atoms with E-state index in [2.05, 4.69) is 42.2 Å². The SMILES string of the molecule is CC(C)[C@@H]1NC(=O)[C@H](Cc2ccccc2)NC(=O)[C@@H](Cc2ccccc2)NC(=O)CC(C2CCCC2)(C2CCCC2)SSC[C@@H](C(=O)N2CCC[C@@H]2C(=O)N[C@@H](CCCN=C(N)N)C(=O)NCC(=O)O)NC(=O)[C@H](CC(N)=O)NC1=O. The van der Waals surface area contributed by atoms with Crippen molar-refractivity contribution in [1.29, 1.82) is 0 Å². The summed E-state index contributed by atoms with van der Waals surface area (Å²) in [7, 11) is 2.78. The Kier molecular flexibility index (Phi) is 24.1. The van der Waals surface area contributed by atoms with Crippen LogP contribution >= 0.6 is 21.6 Å². The van der Waals surface area contributed by atoms with Crippen molar-refractivity contribution in [2.45, 2.75) is 164 Å². The largest absolute Gasteiger partial charge is 0.480 e. The highest BCUT2D eigenvalue weighted by molar-refractivity contribution is 8.77. The molecule has 2 heterocycles. The molecule has 2 aromatic carbocycles. The molecule has 23 nitrogen and oxygen atoms in total. The van der Waals surface area contributed by atoms with E-state index in [0.29, 0.717) is 12.0 Å². The first-order chi connectivity index (χ1) is 38.7. The van der Waals surface area contributed by atoms with Crippen LogP contribution in [0.15, 0.2) is 65.7 Å². The number of primary amides is 1. The predicted molar refractivity (Wildman–Crippen MR) is 307 cm³/mol. The summed E-state index contributed by atoms with van der Waals surface area (Å²) in [5.41, 5.74) is 18.1. The number of carboxylic acids is 1. The number of carbonyl (C=O) groups is 10. The van der Waals surface area contributed by atoms with Crippen molar-refractivity contribution in [2.24, 2.45) is 39.9 Å². The highest BCUT2D eigenvalue weighted by Crippen LogP contribution is 2.57. The van der Waals surface area contributed by atoms with Crippen LogP contribution in [0.1, 0.15) is 115 Å². The minimum Gasteiger partial charge on any atom is -0.480 e. The van der Waals surface area contributed by atoms with Gasteiger partial charge in [0.15, 0.2) is 5.96 Å². The molecule has 2 aliphatic carbocycles. The number of nitrogens with one attached hydrogen (secondary N) is 7. The summed E-state index contributed by atoms with van der Waals surface area (Å²) >= 11 is 0. The van der Waals surface area contributed by atoms with E-state index in [9.17, 15) is 43.5 Å². The van der Waals surface area contributed by atoms with Gasteiger partial charge in [0, 0.05) is 42.9 Å². The lowest BCUT2D eigenvalue weighted by atomic mass is 9.76. The summed E-state index contributed by atoms with van der Waals surface area (Å²) in [6.07, 6.45) is 7.24. The molecule has 4 fully saturated rings. The average molecular weight is 1160 g/mol. The minimum atomic E-state index is -1.66. The molecule has 14 N–H and O–H groups in total. The fraction of sp³-hybridized carbons (Fsp3) is 0.589. The standard InChI is InChI=1S/C56H80N12O11S2/c1-33(2)47-53(78)65-41(29-44(57)69)50(75)66-42(54(79)68-26-14-24-43(68)52(77)63-38(23-13-25-60-55(58)59)48(73)61-31-46(71)72)32-80-81-56(36-19-9-10-20-36,37-21-11-12-22-37)30-45(70)62-39(27-34-15-5-3-6-16-34)49(74)64-40(51(76)67-47)28-35-17-7-4-8-18-35/h3-8,15-18,33,36-43,47H,9-14,19-32H2,1-2H3,(H2,57,69)(H,61,73)(H,62,70)(H,63,77)(H,64,74)(H,65,78)(H,66,75)(H,67,76)(H,71,72)(H4,58,59,60)/t38-,39+,40-,41-,42-,43+,47-/m0/s1. The molecular formula is C56H80N12O11S2. The summed E-state index contributed by atoms with van der Waals surface area (Å²) in [5.74, 6) is -8.81. The van der Waals surface area contributed by atoms with Crippen molar-refractivity contribution < 1.29 is 53.1 Å². The number of amides is 9. The molecule has 2 saturated carbocycles. The molecule has 25 heteroatoms. The number of carbonyl (C=O) groups excluding carboxylic acids is 9. The number of aliphatic carboxylic acids is 1. The van der Waals surface area contributed by atoms with Crippen molar-refractivity contribution in [1.82, 2.24) is 42.1 Å². The molecule has 0 radical (unpaired) electrons. The lowest BCUT2D eigenvalue weighted by Crippen LogP contribution is -2.62. The smallest absolute Gasteiger partial charge is 0.322 e. The molecule has 442 valence electrons. The summed E-state index contributed by atoms with van der Waals surface area (Å²) in [4.78, 5) is 146. The van der Waals surface area contributed by atoms with Crippen LogP contribution in [0.25, 0.3) is 0 Å². The van der Waals surface area contributed by atoms with Crippen LogP contribution in [0.2, 0.25) is 0 Å². The summed E-state index contributed by atoms with van der Waals surface area (Å²) in [5, 5.41) is 28.4. The van der Waals surface area contributed by atoms with E-state index in [4.69, 9.17) is 17.2 Å². The molecule has 0 bridgehead atoms. The van der Waals surface area contributed by atoms with Crippen LogP contribution in [-0.4, -0.2) is 148 Å². The topological polar surface area (TPSA) is 369 Å². The van der Waals surface area contributed by atoms with Crippen LogP contribution in [0.5, 0.6) is 0 Å². The zero-order valence-corrected chi connectivity index (χ0v) is 47.8. The molecule has 2 aromatic rings. The van der Waals surface area contributed by atoms with Gasteiger partial charge in [-0.15, -0.1) is 0 Å². The van der Waals surface area contributed by atoms with Gasteiger partial charge >= 0.3 is 5.97 Å². The van der Waals surface area contributed by atoms with Crippen LogP contribution in [0.3, 0.4) is 0 Å². The third kappa shape index (κ3) is 18.6.